The van der Waals surface area contributed by atoms with Gasteiger partial charge in [0.15, 0.2) is 11.5 Å². The Morgan fingerprint density at radius 3 is 2.41 bits per heavy atom. The molecule has 0 amide bonds. The van der Waals surface area contributed by atoms with Gasteiger partial charge in [0, 0.05) is 12.3 Å². The highest BCUT2D eigenvalue weighted by Gasteiger charge is 2.39. The van der Waals surface area contributed by atoms with Crippen LogP contribution in [0.15, 0.2) is 41.3 Å². The predicted octanol–water partition coefficient (Wildman–Crippen LogP) is 5.60. The molecule has 11 heteroatoms. The van der Waals surface area contributed by atoms with Gasteiger partial charge >= 0.3 is 6.18 Å². The number of benzene rings is 1. The molecule has 5 nitrogen and oxygen atoms in total. The van der Waals surface area contributed by atoms with Crippen molar-refractivity contribution in [3.8, 4) is 23.0 Å². The molecule has 0 radical (unpaired) electrons. The molecule has 0 fully saturated rings. The maximum absolute atomic E-state index is 13.5. The highest BCUT2D eigenvalue weighted by molar-refractivity contribution is 6.42. The standard InChI is InChI=1S/C16H7Cl3F3N3O2/c17-8-4-3-7(6-10(8)19)27-12-13(16(20,21)22)24-14(25-15(12)26)11-9(18)2-1-5-23-11/h1-6H,(H,24,25,26). The Morgan fingerprint density at radius 1 is 1.04 bits per heavy atom. The Labute approximate surface area is 164 Å². The van der Waals surface area contributed by atoms with Crippen molar-refractivity contribution in [2.24, 2.45) is 0 Å². The monoisotopic (exact) mass is 435 g/mol. The minimum Gasteiger partial charge on any atom is -0.449 e. The number of halogens is 6. The lowest BCUT2D eigenvalue weighted by molar-refractivity contribution is -0.142. The van der Waals surface area contributed by atoms with Crippen LogP contribution >= 0.6 is 34.8 Å². The lowest BCUT2D eigenvalue weighted by Gasteiger charge is -2.14. The molecule has 0 saturated carbocycles. The average molecular weight is 437 g/mol. The van der Waals surface area contributed by atoms with Gasteiger partial charge in [-0.2, -0.15) is 13.2 Å². The van der Waals surface area contributed by atoms with Crippen LogP contribution in [0.3, 0.4) is 0 Å². The summed E-state index contributed by atoms with van der Waals surface area (Å²) in [6.07, 6.45) is -3.68. The number of H-pyrrole nitrogens is 1. The molecule has 3 aromatic rings. The zero-order valence-corrected chi connectivity index (χ0v) is 15.2. The molecule has 0 aliphatic rings. The van der Waals surface area contributed by atoms with E-state index >= 15 is 0 Å². The molecule has 0 atom stereocenters. The Bertz CT molecular complexity index is 1070. The molecule has 3 rings (SSSR count). The number of pyridine rings is 1. The topological polar surface area (TPSA) is 67.9 Å². The number of hydrogen-bond acceptors (Lipinski definition) is 4. The maximum atomic E-state index is 13.5. The van der Waals surface area contributed by atoms with E-state index in [4.69, 9.17) is 39.5 Å². The molecule has 0 bridgehead atoms. The molecule has 0 aliphatic heterocycles. The van der Waals surface area contributed by atoms with Crippen LogP contribution in [0, 0.1) is 0 Å². The van der Waals surface area contributed by atoms with Crippen LogP contribution in [-0.2, 0) is 6.18 Å². The second kappa shape index (κ2) is 7.38. The van der Waals surface area contributed by atoms with Gasteiger partial charge in [0.25, 0.3) is 5.56 Å². The summed E-state index contributed by atoms with van der Waals surface area (Å²) in [4.78, 5) is 21.8. The van der Waals surface area contributed by atoms with Crippen LogP contribution in [0.25, 0.3) is 11.5 Å². The van der Waals surface area contributed by atoms with Crippen LogP contribution in [0.5, 0.6) is 11.5 Å². The van der Waals surface area contributed by atoms with E-state index in [1.165, 1.54) is 36.5 Å². The summed E-state index contributed by atoms with van der Waals surface area (Å²) >= 11 is 17.5. The van der Waals surface area contributed by atoms with Gasteiger partial charge in [-0.3, -0.25) is 9.78 Å². The van der Waals surface area contributed by atoms with Gasteiger partial charge < -0.3 is 9.72 Å². The zero-order chi connectivity index (χ0) is 19.8. The molecule has 2 heterocycles. The maximum Gasteiger partial charge on any atom is 0.437 e. The van der Waals surface area contributed by atoms with Crippen molar-refractivity contribution in [2.45, 2.75) is 6.18 Å². The van der Waals surface area contributed by atoms with E-state index in [-0.39, 0.29) is 26.5 Å². The van der Waals surface area contributed by atoms with E-state index in [9.17, 15) is 18.0 Å². The molecule has 1 N–H and O–H groups in total. The van der Waals surface area contributed by atoms with Crippen molar-refractivity contribution in [3.63, 3.8) is 0 Å². The molecular formula is C16H7Cl3F3N3O2. The molecule has 140 valence electrons. The van der Waals surface area contributed by atoms with Crippen molar-refractivity contribution in [1.82, 2.24) is 15.0 Å². The van der Waals surface area contributed by atoms with Crippen molar-refractivity contribution in [2.75, 3.05) is 0 Å². The number of nitrogens with zero attached hydrogens (tertiary/aromatic N) is 2. The summed E-state index contributed by atoms with van der Waals surface area (Å²) < 4.78 is 45.5. The first-order valence-electron chi connectivity index (χ1n) is 7.12. The van der Waals surface area contributed by atoms with Crippen molar-refractivity contribution >= 4 is 34.8 Å². The van der Waals surface area contributed by atoms with Gasteiger partial charge in [-0.15, -0.1) is 0 Å². The van der Waals surface area contributed by atoms with E-state index in [2.05, 4.69) is 15.0 Å². The van der Waals surface area contributed by atoms with E-state index in [1.54, 1.807) is 0 Å². The SMILES string of the molecule is O=c1[nH]c(-c2ncccc2Cl)nc(C(F)(F)F)c1Oc1ccc(Cl)c(Cl)c1. The minimum atomic E-state index is -4.98. The summed E-state index contributed by atoms with van der Waals surface area (Å²) in [6, 6.07) is 6.63. The first-order chi connectivity index (χ1) is 12.7. The quantitative estimate of drug-likeness (QED) is 0.580. The largest absolute Gasteiger partial charge is 0.449 e. The number of alkyl halides is 3. The van der Waals surface area contributed by atoms with Gasteiger partial charge in [0.1, 0.15) is 11.4 Å². The van der Waals surface area contributed by atoms with E-state index < -0.39 is 29.0 Å². The zero-order valence-electron chi connectivity index (χ0n) is 12.9. The van der Waals surface area contributed by atoms with E-state index in [1.807, 2.05) is 0 Å². The number of aromatic amines is 1. The normalized spacial score (nSPS) is 11.5. The first-order valence-corrected chi connectivity index (χ1v) is 8.25. The Kier molecular flexibility index (Phi) is 5.32. The fourth-order valence-corrected chi connectivity index (χ4v) is 2.58. The van der Waals surface area contributed by atoms with Crippen LogP contribution in [0.4, 0.5) is 13.2 Å². The highest BCUT2D eigenvalue weighted by Crippen LogP contribution is 2.37. The third-order valence-electron chi connectivity index (χ3n) is 3.24. The highest BCUT2D eigenvalue weighted by atomic mass is 35.5. The lowest BCUT2D eigenvalue weighted by Crippen LogP contribution is -2.21. The fraction of sp³-hybridized carbons (Fsp3) is 0.0625. The third-order valence-corrected chi connectivity index (χ3v) is 4.28. The minimum absolute atomic E-state index is 0.0203. The lowest BCUT2D eigenvalue weighted by atomic mass is 10.3. The summed E-state index contributed by atoms with van der Waals surface area (Å²) in [5, 5.41) is 0.239. The van der Waals surface area contributed by atoms with Crippen LogP contribution in [0.1, 0.15) is 5.69 Å². The van der Waals surface area contributed by atoms with Crippen molar-refractivity contribution < 1.29 is 17.9 Å². The second-order valence-corrected chi connectivity index (χ2v) is 6.32. The average Bonchev–Trinajstić information content (AvgIpc) is 2.59. The molecule has 2 aromatic heterocycles. The van der Waals surface area contributed by atoms with Crippen molar-refractivity contribution in [3.05, 3.63) is 67.6 Å². The number of rotatable bonds is 3. The van der Waals surface area contributed by atoms with Crippen LogP contribution < -0.4 is 10.3 Å². The molecule has 27 heavy (non-hydrogen) atoms. The number of hydrogen-bond donors (Lipinski definition) is 1. The number of ether oxygens (including phenoxy) is 1. The number of aromatic nitrogens is 3. The summed E-state index contributed by atoms with van der Waals surface area (Å²) in [5.41, 5.74) is -2.81. The van der Waals surface area contributed by atoms with E-state index in [0.717, 1.165) is 0 Å². The van der Waals surface area contributed by atoms with Gasteiger partial charge in [0.2, 0.25) is 5.75 Å². The molecule has 1 aromatic carbocycles. The molecule has 0 aliphatic carbocycles. The van der Waals surface area contributed by atoms with Gasteiger partial charge in [-0.1, -0.05) is 34.8 Å². The molecular weight excluding hydrogens is 430 g/mol. The molecule has 0 unspecified atom stereocenters. The summed E-state index contributed by atoms with van der Waals surface area (Å²) in [7, 11) is 0. The predicted molar refractivity (Wildman–Crippen MR) is 94.6 cm³/mol. The summed E-state index contributed by atoms with van der Waals surface area (Å²) in [5.74, 6) is -1.61. The summed E-state index contributed by atoms with van der Waals surface area (Å²) in [6.45, 7) is 0. The van der Waals surface area contributed by atoms with Gasteiger partial charge in [-0.05, 0) is 24.3 Å². The first kappa shape index (κ1) is 19.5. The van der Waals surface area contributed by atoms with Crippen molar-refractivity contribution in [1.29, 1.82) is 0 Å². The van der Waals surface area contributed by atoms with Gasteiger partial charge in [0.05, 0.1) is 15.1 Å². The molecule has 0 saturated heterocycles. The van der Waals surface area contributed by atoms with E-state index in [0.29, 0.717) is 0 Å². The van der Waals surface area contributed by atoms with Crippen LogP contribution in [-0.4, -0.2) is 15.0 Å². The Morgan fingerprint density at radius 2 is 1.78 bits per heavy atom. The smallest absolute Gasteiger partial charge is 0.437 e. The second-order valence-electron chi connectivity index (χ2n) is 5.10. The Hall–Kier alpha value is -2.29. The Balaban J connectivity index is 2.15. The fourth-order valence-electron chi connectivity index (χ4n) is 2.08. The third kappa shape index (κ3) is 4.18. The molecule has 0 spiro atoms. The van der Waals surface area contributed by atoms with Crippen LogP contribution in [0.2, 0.25) is 15.1 Å². The number of nitrogens with one attached hydrogen (secondary N) is 1. The van der Waals surface area contributed by atoms with Gasteiger partial charge in [-0.25, -0.2) is 4.98 Å².